The largest absolute Gasteiger partial charge is 0.281 e. The van der Waals surface area contributed by atoms with Crippen molar-refractivity contribution in [1.82, 2.24) is 0 Å². The molecule has 8 heavy (non-hydrogen) atoms. The minimum atomic E-state index is 0.739. The summed E-state index contributed by atoms with van der Waals surface area (Å²) in [4.78, 5) is 0. The molecule has 2 rings (SSSR count). The lowest BCUT2D eigenvalue weighted by atomic mass is 9.99. The Hall–Kier alpha value is 0.0149. The first-order chi connectivity index (χ1) is 3.89. The molecule has 38 valence electrons. The molecule has 0 unspecified atom stereocenters. The van der Waals surface area contributed by atoms with E-state index >= 15 is 0 Å². The molecule has 0 saturated heterocycles. The van der Waals surface area contributed by atoms with Gasteiger partial charge in [-0.15, -0.1) is 22.4 Å². The molecule has 1 aliphatic heterocycles. The lowest BCUT2D eigenvalue weighted by Gasteiger charge is -1.70. The van der Waals surface area contributed by atoms with Gasteiger partial charge < -0.3 is 0 Å². The summed E-state index contributed by atoms with van der Waals surface area (Å²) in [5.74, 6) is 0. The molecule has 1 aliphatic rings. The lowest BCUT2D eigenvalue weighted by Crippen LogP contribution is -1.87. The van der Waals surface area contributed by atoms with E-state index in [9.17, 15) is 0 Å². The third-order valence-electron chi connectivity index (χ3n) is 1.46. The Kier molecular flexibility index (Phi) is 0.909. The average Bonchev–Trinajstić information content (AvgIpc) is 2.46. The summed E-state index contributed by atoms with van der Waals surface area (Å²) in [6.07, 6.45) is 0. The van der Waals surface area contributed by atoms with Crippen LogP contribution in [-0.2, 0) is 0 Å². The second-order valence-electron chi connectivity index (χ2n) is 1.99. The normalized spacial score (nSPS) is 13.4. The minimum Gasteiger partial charge on any atom is -0.136 e. The highest BCUT2D eigenvalue weighted by Crippen LogP contribution is 2.06. The summed E-state index contributed by atoms with van der Waals surface area (Å²) >= 11 is 2.44. The van der Waals surface area contributed by atoms with Gasteiger partial charge in [0.25, 0.3) is 4.57 Å². The zero-order chi connectivity index (χ0) is 5.56. The Morgan fingerprint density at radius 3 is 2.00 bits per heavy atom. The zero-order valence-corrected chi connectivity index (χ0v) is 6.42. The number of benzene rings is 1. The minimum absolute atomic E-state index is 0.739. The van der Waals surface area contributed by atoms with Gasteiger partial charge in [-0.1, -0.05) is 35.2 Å². The molecule has 1 heterocycles. The first-order valence-electron chi connectivity index (χ1n) is 2.62. The fourth-order valence-electron chi connectivity index (χ4n) is 0.906. The molecular weight excluding hydrogens is 210 g/mol. The van der Waals surface area contributed by atoms with Crippen molar-refractivity contribution in [3.63, 3.8) is 0 Å². The second kappa shape index (κ2) is 1.50. The first kappa shape index (κ1) is 4.85. The summed E-state index contributed by atoms with van der Waals surface area (Å²) in [6.45, 7) is 0. The predicted octanol–water partition coefficient (Wildman–Crippen LogP) is 0.541. The SMILES string of the molecule is IB1c2ccccc21. The number of halogens is 1. The van der Waals surface area contributed by atoms with Crippen LogP contribution in [0.2, 0.25) is 0 Å². The van der Waals surface area contributed by atoms with Crippen LogP contribution in [0.25, 0.3) is 0 Å². The summed E-state index contributed by atoms with van der Waals surface area (Å²) in [6, 6.07) is 8.56. The summed E-state index contributed by atoms with van der Waals surface area (Å²) in [5.41, 5.74) is 3.04. The maximum absolute atomic E-state index is 2.44. The van der Waals surface area contributed by atoms with Gasteiger partial charge in [-0.25, -0.2) is 0 Å². The summed E-state index contributed by atoms with van der Waals surface area (Å²) in [5, 5.41) is 0. The van der Waals surface area contributed by atoms with E-state index in [1.165, 1.54) is 10.9 Å². The highest BCUT2D eigenvalue weighted by molar-refractivity contribution is 14.1. The number of hydrogen-bond donors (Lipinski definition) is 0. The monoisotopic (exact) mass is 214 g/mol. The Balaban J connectivity index is 2.58. The van der Waals surface area contributed by atoms with Crippen LogP contribution in [0.15, 0.2) is 24.3 Å². The Bertz CT molecular complexity index is 199. The van der Waals surface area contributed by atoms with Gasteiger partial charge in [0, 0.05) is 0 Å². The highest BCUT2D eigenvalue weighted by atomic mass is 127. The smallest absolute Gasteiger partial charge is 0.136 e. The van der Waals surface area contributed by atoms with E-state index in [2.05, 4.69) is 46.6 Å². The molecule has 0 N–H and O–H groups in total. The quantitative estimate of drug-likeness (QED) is 0.436. The van der Waals surface area contributed by atoms with Crippen molar-refractivity contribution in [2.75, 3.05) is 0 Å². The van der Waals surface area contributed by atoms with Crippen LogP contribution in [-0.4, -0.2) is 4.57 Å². The van der Waals surface area contributed by atoms with Crippen LogP contribution in [0, 0.1) is 0 Å². The van der Waals surface area contributed by atoms with Crippen molar-refractivity contribution >= 4 is 37.9 Å². The molecule has 0 aromatic heterocycles. The third-order valence-corrected chi connectivity index (χ3v) is 2.80. The van der Waals surface area contributed by atoms with E-state index in [1.54, 1.807) is 0 Å². The number of fused-ring (bicyclic) bond motifs is 1. The summed E-state index contributed by atoms with van der Waals surface area (Å²) in [7, 11) is 0. The summed E-state index contributed by atoms with van der Waals surface area (Å²) < 4.78 is 0.739. The van der Waals surface area contributed by atoms with E-state index in [1.807, 2.05) is 0 Å². The van der Waals surface area contributed by atoms with E-state index in [0.717, 1.165) is 4.57 Å². The van der Waals surface area contributed by atoms with E-state index in [-0.39, 0.29) is 0 Å². The van der Waals surface area contributed by atoms with Crippen LogP contribution in [0.1, 0.15) is 0 Å². The van der Waals surface area contributed by atoms with Crippen LogP contribution < -0.4 is 10.9 Å². The number of hydrogen-bond acceptors (Lipinski definition) is 0. The third kappa shape index (κ3) is 0.523. The van der Waals surface area contributed by atoms with Gasteiger partial charge in [0.15, 0.2) is 0 Å². The molecule has 0 aliphatic carbocycles. The maximum Gasteiger partial charge on any atom is 0.281 e. The highest BCUT2D eigenvalue weighted by Gasteiger charge is 2.32. The second-order valence-corrected chi connectivity index (χ2v) is 3.24. The van der Waals surface area contributed by atoms with Crippen LogP contribution in [0.3, 0.4) is 0 Å². The van der Waals surface area contributed by atoms with Crippen molar-refractivity contribution in [1.29, 1.82) is 0 Å². The first-order valence-corrected chi connectivity index (χ1v) is 3.87. The molecule has 0 radical (unpaired) electrons. The molecule has 0 spiro atoms. The number of rotatable bonds is 0. The van der Waals surface area contributed by atoms with Crippen molar-refractivity contribution in [2.24, 2.45) is 0 Å². The van der Waals surface area contributed by atoms with E-state index in [0.29, 0.717) is 0 Å². The lowest BCUT2D eigenvalue weighted by molar-refractivity contribution is 1.87. The van der Waals surface area contributed by atoms with Gasteiger partial charge in [-0.3, -0.25) is 0 Å². The van der Waals surface area contributed by atoms with Gasteiger partial charge in [0.05, 0.1) is 0 Å². The fourth-order valence-corrected chi connectivity index (χ4v) is 1.86. The topological polar surface area (TPSA) is 0 Å². The van der Waals surface area contributed by atoms with Crippen molar-refractivity contribution in [2.45, 2.75) is 0 Å². The fraction of sp³-hybridized carbons (Fsp3) is 0. The molecule has 0 bridgehead atoms. The van der Waals surface area contributed by atoms with Crippen LogP contribution >= 0.6 is 22.4 Å². The molecule has 0 atom stereocenters. The molecule has 2 heteroatoms. The van der Waals surface area contributed by atoms with Crippen molar-refractivity contribution in [3.05, 3.63) is 24.3 Å². The Morgan fingerprint density at radius 1 is 1.12 bits per heavy atom. The molecule has 0 saturated carbocycles. The van der Waals surface area contributed by atoms with Gasteiger partial charge in [-0.2, -0.15) is 0 Å². The van der Waals surface area contributed by atoms with Gasteiger partial charge >= 0.3 is 0 Å². The molecule has 1 aromatic carbocycles. The molecule has 0 nitrogen and oxygen atoms in total. The molecule has 0 amide bonds. The standard InChI is InChI=1S/C6H4BI/c8-7-5-3-1-2-4-6(5)7/h1-4H. The molecule has 0 fully saturated rings. The molecular formula is C6H4BI. The van der Waals surface area contributed by atoms with Gasteiger partial charge in [-0.05, 0) is 0 Å². The average molecular weight is 214 g/mol. The van der Waals surface area contributed by atoms with Crippen molar-refractivity contribution < 1.29 is 0 Å². The molecule has 1 aromatic rings. The van der Waals surface area contributed by atoms with Crippen molar-refractivity contribution in [3.8, 4) is 0 Å². The van der Waals surface area contributed by atoms with Crippen LogP contribution in [0.4, 0.5) is 0 Å². The Morgan fingerprint density at radius 2 is 1.62 bits per heavy atom. The van der Waals surface area contributed by atoms with E-state index in [4.69, 9.17) is 0 Å². The Labute approximate surface area is 62.2 Å². The zero-order valence-electron chi connectivity index (χ0n) is 4.26. The van der Waals surface area contributed by atoms with E-state index < -0.39 is 0 Å². The predicted molar refractivity (Wildman–Crippen MR) is 45.5 cm³/mol. The van der Waals surface area contributed by atoms with Crippen LogP contribution in [0.5, 0.6) is 0 Å². The maximum atomic E-state index is 2.44. The van der Waals surface area contributed by atoms with Gasteiger partial charge in [0.1, 0.15) is 0 Å². The van der Waals surface area contributed by atoms with Gasteiger partial charge in [0.2, 0.25) is 0 Å².